The molecule has 0 fully saturated rings. The third-order valence-electron chi connectivity index (χ3n) is 3.52. The Morgan fingerprint density at radius 2 is 1.70 bits per heavy atom. The van der Waals surface area contributed by atoms with Crippen molar-refractivity contribution in [3.63, 3.8) is 0 Å². The fraction of sp³-hybridized carbons (Fsp3) is 0.684. The zero-order chi connectivity index (χ0) is 15.4. The van der Waals surface area contributed by atoms with Crippen LogP contribution >= 0.6 is 0 Å². The van der Waals surface area contributed by atoms with Crippen LogP contribution in [-0.4, -0.2) is 18.0 Å². The normalized spacial score (nSPS) is 11.3. The molecule has 0 atom stereocenters. The first-order valence-electron chi connectivity index (χ1n) is 8.22. The van der Waals surface area contributed by atoms with E-state index in [4.69, 9.17) is 0 Å². The highest BCUT2D eigenvalue weighted by atomic mass is 15.1. The highest BCUT2D eigenvalue weighted by Crippen LogP contribution is 2.13. The lowest BCUT2D eigenvalue weighted by molar-refractivity contribution is 0.357. The number of hydrogen-bond acceptors (Lipinski definition) is 1. The van der Waals surface area contributed by atoms with E-state index in [1.54, 1.807) is 0 Å². The van der Waals surface area contributed by atoms with Gasteiger partial charge in [0.1, 0.15) is 0 Å². The maximum atomic E-state index is 4.25. The average Bonchev–Trinajstić information content (AvgIpc) is 2.38. The van der Waals surface area contributed by atoms with Gasteiger partial charge in [-0.3, -0.25) is 0 Å². The summed E-state index contributed by atoms with van der Waals surface area (Å²) in [5.74, 6) is 0. The molecule has 0 heterocycles. The Morgan fingerprint density at radius 3 is 2.25 bits per heavy atom. The summed E-state index contributed by atoms with van der Waals surface area (Å²) in [6.07, 6.45) is 11.9. The molecule has 0 unspecified atom stereocenters. The fourth-order valence-corrected chi connectivity index (χ4v) is 2.13. The van der Waals surface area contributed by atoms with Crippen LogP contribution in [0.3, 0.4) is 0 Å². The average molecular weight is 277 g/mol. The largest absolute Gasteiger partial charge is 0.372 e. The van der Waals surface area contributed by atoms with E-state index in [2.05, 4.69) is 58.2 Å². The molecular weight excluding hydrogens is 242 g/mol. The minimum absolute atomic E-state index is 1.03. The molecule has 0 rings (SSSR count). The summed E-state index contributed by atoms with van der Waals surface area (Å²) in [4.78, 5) is 2.46. The second kappa shape index (κ2) is 11.8. The van der Waals surface area contributed by atoms with Gasteiger partial charge in [-0.2, -0.15) is 0 Å². The van der Waals surface area contributed by atoms with Crippen molar-refractivity contribution in [1.82, 2.24) is 4.90 Å². The van der Waals surface area contributed by atoms with Gasteiger partial charge in [-0.15, -0.1) is 0 Å². The molecule has 0 aromatic carbocycles. The monoisotopic (exact) mass is 277 g/mol. The van der Waals surface area contributed by atoms with Gasteiger partial charge in [-0.1, -0.05) is 56.6 Å². The molecule has 0 saturated heterocycles. The van der Waals surface area contributed by atoms with Crippen molar-refractivity contribution in [2.75, 3.05) is 13.1 Å². The SMILES string of the molecule is C=C(CCC)N(C/C=C(\C)CCC=C(C)C)CCCC. The Balaban J connectivity index is 4.33. The molecule has 0 radical (unpaired) electrons. The molecule has 0 aliphatic rings. The molecule has 0 amide bonds. The molecule has 0 aromatic heterocycles. The maximum absolute atomic E-state index is 4.25. The van der Waals surface area contributed by atoms with E-state index < -0.39 is 0 Å². The van der Waals surface area contributed by atoms with Gasteiger partial charge in [0.05, 0.1) is 0 Å². The molecule has 0 aliphatic heterocycles. The lowest BCUT2D eigenvalue weighted by Crippen LogP contribution is -2.24. The van der Waals surface area contributed by atoms with Crippen LogP contribution in [0.15, 0.2) is 35.6 Å². The summed E-state index contributed by atoms with van der Waals surface area (Å²) in [7, 11) is 0. The van der Waals surface area contributed by atoms with E-state index >= 15 is 0 Å². The van der Waals surface area contributed by atoms with Crippen LogP contribution in [-0.2, 0) is 0 Å². The van der Waals surface area contributed by atoms with E-state index in [1.807, 2.05) is 0 Å². The predicted molar refractivity (Wildman–Crippen MR) is 93.0 cm³/mol. The Kier molecular flexibility index (Phi) is 11.2. The standard InChI is InChI=1S/C19H35N/c1-7-9-15-20(19(6)11-8-2)16-14-18(5)13-10-12-17(3)4/h12,14H,6-11,13,15-16H2,1-5H3/b18-14+. The van der Waals surface area contributed by atoms with E-state index in [-0.39, 0.29) is 0 Å². The number of hydrogen-bond donors (Lipinski definition) is 0. The van der Waals surface area contributed by atoms with Crippen LogP contribution in [0.5, 0.6) is 0 Å². The fourth-order valence-electron chi connectivity index (χ4n) is 2.13. The predicted octanol–water partition coefficient (Wildman–Crippen LogP) is 6.10. The van der Waals surface area contributed by atoms with Crippen LogP contribution < -0.4 is 0 Å². The van der Waals surface area contributed by atoms with E-state index in [1.165, 1.54) is 42.5 Å². The van der Waals surface area contributed by atoms with Crippen LogP contribution in [0.4, 0.5) is 0 Å². The van der Waals surface area contributed by atoms with E-state index in [0.717, 1.165) is 25.9 Å². The van der Waals surface area contributed by atoms with Crippen molar-refractivity contribution < 1.29 is 0 Å². The molecule has 1 heteroatoms. The summed E-state index contributed by atoms with van der Waals surface area (Å²) >= 11 is 0. The van der Waals surface area contributed by atoms with Crippen molar-refractivity contribution >= 4 is 0 Å². The first-order valence-corrected chi connectivity index (χ1v) is 8.22. The van der Waals surface area contributed by atoms with Crippen LogP contribution in [0, 0.1) is 0 Å². The lowest BCUT2D eigenvalue weighted by Gasteiger charge is -2.25. The summed E-state index contributed by atoms with van der Waals surface area (Å²) in [6.45, 7) is 17.5. The smallest absolute Gasteiger partial charge is 0.0358 e. The van der Waals surface area contributed by atoms with Gasteiger partial charge >= 0.3 is 0 Å². The number of allylic oxidation sites excluding steroid dienone is 4. The van der Waals surface area contributed by atoms with E-state index in [9.17, 15) is 0 Å². The summed E-state index contributed by atoms with van der Waals surface area (Å²) in [5, 5.41) is 0. The molecule has 0 bridgehead atoms. The Morgan fingerprint density at radius 1 is 1.00 bits per heavy atom. The minimum atomic E-state index is 1.03. The van der Waals surface area contributed by atoms with Crippen molar-refractivity contribution in [1.29, 1.82) is 0 Å². The number of unbranched alkanes of at least 4 members (excludes halogenated alkanes) is 1. The Labute approximate surface area is 127 Å². The molecule has 116 valence electrons. The minimum Gasteiger partial charge on any atom is -0.372 e. The molecule has 0 saturated carbocycles. The second-order valence-corrected chi connectivity index (χ2v) is 5.99. The van der Waals surface area contributed by atoms with E-state index in [0.29, 0.717) is 0 Å². The number of rotatable bonds is 11. The van der Waals surface area contributed by atoms with Crippen LogP contribution in [0.2, 0.25) is 0 Å². The van der Waals surface area contributed by atoms with Crippen LogP contribution in [0.25, 0.3) is 0 Å². The molecule has 20 heavy (non-hydrogen) atoms. The third kappa shape index (κ3) is 9.89. The zero-order valence-corrected chi connectivity index (χ0v) is 14.5. The Bertz CT molecular complexity index is 319. The summed E-state index contributed by atoms with van der Waals surface area (Å²) in [5.41, 5.74) is 4.21. The van der Waals surface area contributed by atoms with Gasteiger partial charge in [-0.05, 0) is 46.5 Å². The van der Waals surface area contributed by atoms with Gasteiger partial charge in [0.25, 0.3) is 0 Å². The summed E-state index contributed by atoms with van der Waals surface area (Å²) < 4.78 is 0. The molecular formula is C19H35N. The first kappa shape index (κ1) is 19.0. The van der Waals surface area contributed by atoms with Gasteiger partial charge in [0.2, 0.25) is 0 Å². The van der Waals surface area contributed by atoms with Crippen molar-refractivity contribution in [2.24, 2.45) is 0 Å². The third-order valence-corrected chi connectivity index (χ3v) is 3.52. The highest BCUT2D eigenvalue weighted by molar-refractivity contribution is 5.05. The van der Waals surface area contributed by atoms with Crippen molar-refractivity contribution in [2.45, 2.75) is 73.1 Å². The maximum Gasteiger partial charge on any atom is 0.0358 e. The molecule has 0 spiro atoms. The van der Waals surface area contributed by atoms with Gasteiger partial charge < -0.3 is 4.90 Å². The first-order chi connectivity index (χ1) is 9.51. The molecule has 0 N–H and O–H groups in total. The Hall–Kier alpha value is -0.980. The molecule has 0 aromatic rings. The van der Waals surface area contributed by atoms with Gasteiger partial charge in [-0.25, -0.2) is 0 Å². The van der Waals surface area contributed by atoms with Gasteiger partial charge in [0.15, 0.2) is 0 Å². The zero-order valence-electron chi connectivity index (χ0n) is 14.5. The summed E-state index contributed by atoms with van der Waals surface area (Å²) in [6, 6.07) is 0. The lowest BCUT2D eigenvalue weighted by atomic mass is 10.1. The highest BCUT2D eigenvalue weighted by Gasteiger charge is 2.05. The van der Waals surface area contributed by atoms with Crippen LogP contribution in [0.1, 0.15) is 73.1 Å². The second-order valence-electron chi connectivity index (χ2n) is 5.99. The topological polar surface area (TPSA) is 3.24 Å². The molecule has 0 aliphatic carbocycles. The number of nitrogens with zero attached hydrogens (tertiary/aromatic N) is 1. The molecule has 1 nitrogen and oxygen atoms in total. The van der Waals surface area contributed by atoms with Gasteiger partial charge in [0, 0.05) is 18.8 Å². The van der Waals surface area contributed by atoms with Crippen molar-refractivity contribution in [3.8, 4) is 0 Å². The quantitative estimate of drug-likeness (QED) is 0.413. The van der Waals surface area contributed by atoms with Crippen molar-refractivity contribution in [3.05, 3.63) is 35.6 Å².